The Balaban J connectivity index is 2.88. The molecule has 0 amide bonds. The van der Waals surface area contributed by atoms with Crippen LogP contribution >= 0.6 is 0 Å². The van der Waals surface area contributed by atoms with E-state index in [0.29, 0.717) is 5.69 Å². The van der Waals surface area contributed by atoms with Crippen molar-refractivity contribution in [2.75, 3.05) is 5.73 Å². The van der Waals surface area contributed by atoms with Gasteiger partial charge in [-0.15, -0.1) is 0 Å². The zero-order chi connectivity index (χ0) is 9.42. The van der Waals surface area contributed by atoms with E-state index in [1.54, 1.807) is 12.4 Å². The van der Waals surface area contributed by atoms with E-state index in [4.69, 9.17) is 5.73 Å². The van der Waals surface area contributed by atoms with Gasteiger partial charge in [-0.1, -0.05) is 0 Å². The molecule has 4 nitrogen and oxygen atoms in total. The second-order valence-corrected chi connectivity index (χ2v) is 3.00. The number of nitrogens with two attached hydrogens (primary N) is 1. The van der Waals surface area contributed by atoms with Gasteiger partial charge in [-0.2, -0.15) is 0 Å². The van der Waals surface area contributed by atoms with Crippen molar-refractivity contribution < 1.29 is 0 Å². The number of imidazole rings is 1. The van der Waals surface area contributed by atoms with E-state index in [1.807, 2.05) is 6.92 Å². The fraction of sp³-hybridized carbons (Fsp3) is 0.333. The number of nitrogens with zero attached hydrogens (tertiary/aromatic N) is 3. The van der Waals surface area contributed by atoms with Gasteiger partial charge in [0.2, 0.25) is 0 Å². The number of nitrogen functional groups attached to an aromatic ring is 1. The molecule has 0 fully saturated rings. The summed E-state index contributed by atoms with van der Waals surface area (Å²) >= 11 is 0. The first-order valence-corrected chi connectivity index (χ1v) is 4.30. The van der Waals surface area contributed by atoms with E-state index in [0.717, 1.165) is 23.4 Å². The summed E-state index contributed by atoms with van der Waals surface area (Å²) < 4.78 is 2.09. The standard InChI is InChI=1S/C9H12N4/c1-3-13-6(2)12-8-5-11-4-7(10)9(8)13/h4-5H,3,10H2,1-2H3. The Kier molecular flexibility index (Phi) is 1.69. The largest absolute Gasteiger partial charge is 0.396 e. The minimum atomic E-state index is 0.694. The zero-order valence-electron chi connectivity index (χ0n) is 7.78. The van der Waals surface area contributed by atoms with Crippen molar-refractivity contribution in [3.63, 3.8) is 0 Å². The highest BCUT2D eigenvalue weighted by molar-refractivity contribution is 5.86. The van der Waals surface area contributed by atoms with Crippen LogP contribution in [0.1, 0.15) is 12.7 Å². The van der Waals surface area contributed by atoms with Crippen LogP contribution in [-0.2, 0) is 6.54 Å². The monoisotopic (exact) mass is 176 g/mol. The first-order valence-electron chi connectivity index (χ1n) is 4.30. The Labute approximate surface area is 76.4 Å². The molecule has 0 aliphatic carbocycles. The van der Waals surface area contributed by atoms with Gasteiger partial charge in [-0.05, 0) is 13.8 Å². The van der Waals surface area contributed by atoms with Crippen molar-refractivity contribution in [1.29, 1.82) is 0 Å². The summed E-state index contributed by atoms with van der Waals surface area (Å²) in [5.74, 6) is 0.984. The first kappa shape index (κ1) is 8.04. The number of aromatic nitrogens is 3. The van der Waals surface area contributed by atoms with Gasteiger partial charge in [0.05, 0.1) is 23.6 Å². The van der Waals surface area contributed by atoms with Gasteiger partial charge in [-0.25, -0.2) is 4.98 Å². The molecule has 4 heteroatoms. The molecule has 2 aromatic rings. The predicted octanol–water partition coefficient (Wildman–Crippen LogP) is 1.34. The maximum Gasteiger partial charge on any atom is 0.109 e. The average molecular weight is 176 g/mol. The maximum atomic E-state index is 5.82. The predicted molar refractivity (Wildman–Crippen MR) is 52.4 cm³/mol. The minimum absolute atomic E-state index is 0.694. The molecule has 2 N–H and O–H groups in total. The van der Waals surface area contributed by atoms with Crippen LogP contribution in [0.25, 0.3) is 11.0 Å². The van der Waals surface area contributed by atoms with Gasteiger partial charge in [0.1, 0.15) is 11.3 Å². The van der Waals surface area contributed by atoms with Crippen molar-refractivity contribution >= 4 is 16.7 Å². The van der Waals surface area contributed by atoms with Crippen molar-refractivity contribution in [3.05, 3.63) is 18.2 Å². The third kappa shape index (κ3) is 1.06. The molecule has 0 saturated carbocycles. The third-order valence-electron chi connectivity index (χ3n) is 2.19. The van der Waals surface area contributed by atoms with Crippen molar-refractivity contribution in [1.82, 2.24) is 14.5 Å². The van der Waals surface area contributed by atoms with Crippen LogP contribution in [0.5, 0.6) is 0 Å². The molecule has 2 heterocycles. The van der Waals surface area contributed by atoms with Crippen LogP contribution in [0.3, 0.4) is 0 Å². The van der Waals surface area contributed by atoms with E-state index in [-0.39, 0.29) is 0 Å². The normalized spacial score (nSPS) is 10.9. The second-order valence-electron chi connectivity index (χ2n) is 3.00. The summed E-state index contributed by atoms with van der Waals surface area (Å²) in [6.45, 7) is 4.94. The fourth-order valence-corrected chi connectivity index (χ4v) is 1.62. The number of aryl methyl sites for hydroxylation is 2. The molecule has 13 heavy (non-hydrogen) atoms. The van der Waals surface area contributed by atoms with Crippen LogP contribution < -0.4 is 5.73 Å². The smallest absolute Gasteiger partial charge is 0.109 e. The van der Waals surface area contributed by atoms with Crippen LogP contribution in [0.15, 0.2) is 12.4 Å². The molecule has 0 unspecified atom stereocenters. The molecule has 0 radical (unpaired) electrons. The molecule has 0 bridgehead atoms. The molecule has 0 aliphatic heterocycles. The molecule has 0 aromatic carbocycles. The number of hydrogen-bond donors (Lipinski definition) is 1. The number of pyridine rings is 1. The lowest BCUT2D eigenvalue weighted by Gasteiger charge is -2.03. The zero-order valence-corrected chi connectivity index (χ0v) is 7.78. The van der Waals surface area contributed by atoms with E-state index in [9.17, 15) is 0 Å². The lowest BCUT2D eigenvalue weighted by atomic mass is 10.3. The maximum absolute atomic E-state index is 5.82. The number of anilines is 1. The molecule has 2 rings (SSSR count). The van der Waals surface area contributed by atoms with Crippen LogP contribution in [0.2, 0.25) is 0 Å². The Morgan fingerprint density at radius 3 is 2.92 bits per heavy atom. The number of rotatable bonds is 1. The summed E-state index contributed by atoms with van der Waals surface area (Å²) in [6, 6.07) is 0. The van der Waals surface area contributed by atoms with Crippen LogP contribution in [0, 0.1) is 6.92 Å². The SMILES string of the molecule is CCn1c(C)nc2cncc(N)c21. The van der Waals surface area contributed by atoms with Gasteiger partial charge < -0.3 is 10.3 Å². The topological polar surface area (TPSA) is 56.7 Å². The lowest BCUT2D eigenvalue weighted by Crippen LogP contribution is -1.99. The summed E-state index contributed by atoms with van der Waals surface area (Å²) in [6.07, 6.45) is 3.40. The molecular weight excluding hydrogens is 164 g/mol. The van der Waals surface area contributed by atoms with Crippen molar-refractivity contribution in [2.45, 2.75) is 20.4 Å². The van der Waals surface area contributed by atoms with Gasteiger partial charge in [0.15, 0.2) is 0 Å². The van der Waals surface area contributed by atoms with E-state index in [2.05, 4.69) is 21.5 Å². The van der Waals surface area contributed by atoms with Crippen molar-refractivity contribution in [3.8, 4) is 0 Å². The van der Waals surface area contributed by atoms with Gasteiger partial charge in [0.25, 0.3) is 0 Å². The average Bonchev–Trinajstić information content (AvgIpc) is 2.42. The van der Waals surface area contributed by atoms with Crippen molar-refractivity contribution in [2.24, 2.45) is 0 Å². The number of hydrogen-bond acceptors (Lipinski definition) is 3. The summed E-state index contributed by atoms with van der Waals surface area (Å²) in [7, 11) is 0. The molecule has 68 valence electrons. The quantitative estimate of drug-likeness (QED) is 0.713. The lowest BCUT2D eigenvalue weighted by molar-refractivity contribution is 0.754. The van der Waals surface area contributed by atoms with E-state index >= 15 is 0 Å². The fourth-order valence-electron chi connectivity index (χ4n) is 1.62. The number of fused-ring (bicyclic) bond motifs is 1. The molecule has 0 spiro atoms. The van der Waals surface area contributed by atoms with Crippen LogP contribution in [-0.4, -0.2) is 14.5 Å². The molecule has 0 atom stereocenters. The summed E-state index contributed by atoms with van der Waals surface area (Å²) in [5.41, 5.74) is 8.39. The Bertz CT molecular complexity index is 444. The van der Waals surface area contributed by atoms with E-state index in [1.165, 1.54) is 0 Å². The molecule has 2 aromatic heterocycles. The summed E-state index contributed by atoms with van der Waals surface area (Å²) in [4.78, 5) is 8.37. The van der Waals surface area contributed by atoms with Gasteiger partial charge in [0, 0.05) is 6.54 Å². The molecular formula is C9H12N4. The Hall–Kier alpha value is -1.58. The summed E-state index contributed by atoms with van der Waals surface area (Å²) in [5, 5.41) is 0. The Morgan fingerprint density at radius 2 is 2.23 bits per heavy atom. The highest BCUT2D eigenvalue weighted by atomic mass is 15.1. The van der Waals surface area contributed by atoms with Gasteiger partial charge in [-0.3, -0.25) is 4.98 Å². The van der Waals surface area contributed by atoms with E-state index < -0.39 is 0 Å². The van der Waals surface area contributed by atoms with Crippen LogP contribution in [0.4, 0.5) is 5.69 Å². The Morgan fingerprint density at radius 1 is 1.46 bits per heavy atom. The highest BCUT2D eigenvalue weighted by Gasteiger charge is 2.08. The first-order chi connectivity index (χ1) is 6.24. The highest BCUT2D eigenvalue weighted by Crippen LogP contribution is 2.20. The van der Waals surface area contributed by atoms with Gasteiger partial charge >= 0.3 is 0 Å². The molecule has 0 saturated heterocycles. The molecule has 0 aliphatic rings. The minimum Gasteiger partial charge on any atom is -0.396 e. The third-order valence-corrected chi connectivity index (χ3v) is 2.19. The second kappa shape index (κ2) is 2.73.